The van der Waals surface area contributed by atoms with Crippen molar-refractivity contribution >= 4 is 66.4 Å². The van der Waals surface area contributed by atoms with E-state index in [1.54, 1.807) is 50.1 Å². The van der Waals surface area contributed by atoms with E-state index in [1.165, 1.54) is 23.5 Å². The Kier molecular flexibility index (Phi) is 9.12. The van der Waals surface area contributed by atoms with Crippen molar-refractivity contribution in [2.45, 2.75) is 24.0 Å². The number of carbonyl (C=O) groups is 1. The molecule has 0 aliphatic carbocycles. The van der Waals surface area contributed by atoms with Crippen LogP contribution in [0.3, 0.4) is 0 Å². The van der Waals surface area contributed by atoms with Gasteiger partial charge < -0.3 is 9.64 Å². The predicted octanol–water partition coefficient (Wildman–Crippen LogP) is 4.77. The Labute approximate surface area is 209 Å². The predicted molar refractivity (Wildman–Crippen MR) is 137 cm³/mol. The van der Waals surface area contributed by atoms with Crippen molar-refractivity contribution in [3.05, 3.63) is 47.0 Å². The number of hydrogen-bond acceptors (Lipinski definition) is 7. The Morgan fingerprint density at radius 3 is 2.48 bits per heavy atom. The number of halogens is 2. The lowest BCUT2D eigenvalue weighted by molar-refractivity contribution is 0.0985. The molecule has 3 rings (SSSR count). The largest absolute Gasteiger partial charge is 0.494 e. The van der Waals surface area contributed by atoms with Gasteiger partial charge >= 0.3 is 0 Å². The summed E-state index contributed by atoms with van der Waals surface area (Å²) in [7, 11) is 1.87. The first-order valence-corrected chi connectivity index (χ1v) is 12.7. The molecule has 0 aliphatic rings. The van der Waals surface area contributed by atoms with Crippen molar-refractivity contribution in [1.29, 1.82) is 0 Å². The second-order valence-electron chi connectivity index (χ2n) is 7.81. The highest BCUT2D eigenvalue weighted by atomic mass is 35.5. The van der Waals surface area contributed by atoms with Crippen molar-refractivity contribution in [2.24, 2.45) is 0 Å². The Hall–Kier alpha value is -1.91. The number of fused-ring (bicyclic) bond motifs is 1. The molecular formula is C22H27Cl2N3O4S2. The number of benzene rings is 2. The van der Waals surface area contributed by atoms with Crippen molar-refractivity contribution < 1.29 is 17.9 Å². The van der Waals surface area contributed by atoms with Crippen LogP contribution < -0.4 is 9.64 Å². The zero-order valence-corrected chi connectivity index (χ0v) is 22.2. The van der Waals surface area contributed by atoms with Gasteiger partial charge in [0.05, 0.1) is 27.0 Å². The molecule has 180 valence electrons. The van der Waals surface area contributed by atoms with E-state index in [0.29, 0.717) is 34.5 Å². The molecule has 1 heterocycles. The van der Waals surface area contributed by atoms with Gasteiger partial charge in [0.15, 0.2) is 15.0 Å². The van der Waals surface area contributed by atoms with E-state index in [1.807, 2.05) is 19.0 Å². The van der Waals surface area contributed by atoms with Crippen molar-refractivity contribution in [2.75, 3.05) is 39.2 Å². The van der Waals surface area contributed by atoms with Gasteiger partial charge in [-0.2, -0.15) is 0 Å². The standard InChI is InChI=1S/C22H26ClN3O4S2.ClH/c1-14(2)32(28,29)16-8-6-7-15(13-16)21(27)26(12-11-25(3)4)22-24-19-18(30-5)10-9-17(23)20(19)31-22;/h6-10,13-14H,11-12H2,1-5H3;1H. The van der Waals surface area contributed by atoms with Crippen molar-refractivity contribution in [3.8, 4) is 5.75 Å². The van der Waals surface area contributed by atoms with Crippen LogP contribution >= 0.6 is 35.3 Å². The lowest BCUT2D eigenvalue weighted by atomic mass is 10.2. The van der Waals surface area contributed by atoms with Gasteiger partial charge in [0.25, 0.3) is 5.91 Å². The zero-order chi connectivity index (χ0) is 23.6. The van der Waals surface area contributed by atoms with E-state index in [4.69, 9.17) is 16.3 Å². The molecule has 7 nitrogen and oxygen atoms in total. The first-order valence-electron chi connectivity index (χ1n) is 9.99. The maximum Gasteiger partial charge on any atom is 0.260 e. The van der Waals surface area contributed by atoms with Crippen LogP contribution in [0, 0.1) is 0 Å². The number of methoxy groups -OCH3 is 1. The van der Waals surface area contributed by atoms with Gasteiger partial charge in [-0.3, -0.25) is 9.69 Å². The summed E-state index contributed by atoms with van der Waals surface area (Å²) in [5.74, 6) is 0.235. The maximum absolute atomic E-state index is 13.5. The summed E-state index contributed by atoms with van der Waals surface area (Å²) in [5, 5.41) is 0.404. The maximum atomic E-state index is 13.5. The minimum absolute atomic E-state index is 0. The normalized spacial score (nSPS) is 11.6. The summed E-state index contributed by atoms with van der Waals surface area (Å²) in [5.41, 5.74) is 0.863. The number of anilines is 1. The molecule has 0 radical (unpaired) electrons. The number of amides is 1. The number of nitrogens with zero attached hydrogens (tertiary/aromatic N) is 3. The number of carbonyl (C=O) groups excluding carboxylic acids is 1. The van der Waals surface area contributed by atoms with Crippen LogP contribution in [0.25, 0.3) is 10.2 Å². The third-order valence-electron chi connectivity index (χ3n) is 4.94. The molecule has 3 aromatic rings. The molecule has 0 saturated heterocycles. The van der Waals surface area contributed by atoms with E-state index in [2.05, 4.69) is 4.98 Å². The summed E-state index contributed by atoms with van der Waals surface area (Å²) >= 11 is 7.66. The van der Waals surface area contributed by atoms with E-state index in [-0.39, 0.29) is 28.8 Å². The fourth-order valence-electron chi connectivity index (χ4n) is 3.04. The van der Waals surface area contributed by atoms with Crippen LogP contribution in [-0.2, 0) is 9.84 Å². The second-order valence-corrected chi connectivity index (χ2v) is 11.7. The molecule has 1 aromatic heterocycles. The first-order chi connectivity index (χ1) is 15.1. The molecule has 0 bridgehead atoms. The lowest BCUT2D eigenvalue weighted by Crippen LogP contribution is -2.36. The van der Waals surface area contributed by atoms with Crippen LogP contribution in [-0.4, -0.2) is 63.8 Å². The number of hydrogen-bond donors (Lipinski definition) is 0. The number of thiazole rings is 1. The summed E-state index contributed by atoms with van der Waals surface area (Å²) in [6, 6.07) is 9.62. The minimum Gasteiger partial charge on any atom is -0.494 e. The van der Waals surface area contributed by atoms with E-state index >= 15 is 0 Å². The highest BCUT2D eigenvalue weighted by Crippen LogP contribution is 2.39. The number of likely N-dealkylation sites (N-methyl/N-ethyl adjacent to an activating group) is 1. The smallest absolute Gasteiger partial charge is 0.260 e. The summed E-state index contributed by atoms with van der Waals surface area (Å²) in [6.07, 6.45) is 0. The van der Waals surface area contributed by atoms with Gasteiger partial charge in [-0.1, -0.05) is 29.0 Å². The Morgan fingerprint density at radius 2 is 1.88 bits per heavy atom. The quantitative estimate of drug-likeness (QED) is 0.416. The average Bonchev–Trinajstić information content (AvgIpc) is 3.20. The molecule has 0 unspecified atom stereocenters. The van der Waals surface area contributed by atoms with Crippen LogP contribution in [0.2, 0.25) is 5.02 Å². The lowest BCUT2D eigenvalue weighted by Gasteiger charge is -2.22. The minimum atomic E-state index is -3.51. The first kappa shape index (κ1) is 27.3. The molecule has 0 N–H and O–H groups in total. The monoisotopic (exact) mass is 531 g/mol. The number of aromatic nitrogens is 1. The molecule has 0 saturated carbocycles. The van der Waals surface area contributed by atoms with Crippen LogP contribution in [0.4, 0.5) is 5.13 Å². The summed E-state index contributed by atoms with van der Waals surface area (Å²) in [6.45, 7) is 4.19. The van der Waals surface area contributed by atoms with Gasteiger partial charge in [-0.05, 0) is 58.3 Å². The number of rotatable bonds is 8. The van der Waals surface area contributed by atoms with E-state index in [0.717, 1.165) is 4.70 Å². The zero-order valence-electron chi connectivity index (χ0n) is 19.0. The summed E-state index contributed by atoms with van der Waals surface area (Å²) in [4.78, 5) is 21.8. The second kappa shape index (κ2) is 11.0. The Bertz CT molecular complexity index is 1240. The average molecular weight is 533 g/mol. The van der Waals surface area contributed by atoms with Crippen LogP contribution in [0.5, 0.6) is 5.75 Å². The number of sulfone groups is 1. The fourth-order valence-corrected chi connectivity index (χ4v) is 5.42. The van der Waals surface area contributed by atoms with Crippen molar-refractivity contribution in [1.82, 2.24) is 9.88 Å². The third-order valence-corrected chi connectivity index (χ3v) is 8.63. The molecule has 33 heavy (non-hydrogen) atoms. The van der Waals surface area contributed by atoms with Gasteiger partial charge in [0.1, 0.15) is 11.3 Å². The molecule has 11 heteroatoms. The van der Waals surface area contributed by atoms with Crippen molar-refractivity contribution in [3.63, 3.8) is 0 Å². The van der Waals surface area contributed by atoms with E-state index in [9.17, 15) is 13.2 Å². The fraction of sp³-hybridized carbons (Fsp3) is 0.364. The molecule has 0 aliphatic heterocycles. The topological polar surface area (TPSA) is 79.8 Å². The molecular weight excluding hydrogens is 505 g/mol. The summed E-state index contributed by atoms with van der Waals surface area (Å²) < 4.78 is 31.4. The highest BCUT2D eigenvalue weighted by molar-refractivity contribution is 7.92. The van der Waals surface area contributed by atoms with Gasteiger partial charge in [-0.25, -0.2) is 13.4 Å². The molecule has 1 amide bonds. The van der Waals surface area contributed by atoms with Crippen LogP contribution in [0.1, 0.15) is 24.2 Å². The molecule has 0 atom stereocenters. The Morgan fingerprint density at radius 1 is 1.18 bits per heavy atom. The SMILES string of the molecule is COc1ccc(Cl)c2sc(N(CCN(C)C)C(=O)c3cccc(S(=O)(=O)C(C)C)c3)nc12.Cl. The Balaban J connectivity index is 0.00000385. The van der Waals surface area contributed by atoms with Crippen LogP contribution in [0.15, 0.2) is 41.3 Å². The molecule has 2 aromatic carbocycles. The van der Waals surface area contributed by atoms with Gasteiger partial charge in [0.2, 0.25) is 0 Å². The van der Waals surface area contributed by atoms with Gasteiger partial charge in [-0.15, -0.1) is 12.4 Å². The van der Waals surface area contributed by atoms with E-state index < -0.39 is 15.1 Å². The molecule has 0 fully saturated rings. The highest BCUT2D eigenvalue weighted by Gasteiger charge is 2.25. The molecule has 0 spiro atoms. The number of ether oxygens (including phenoxy) is 1. The third kappa shape index (κ3) is 5.78. The van der Waals surface area contributed by atoms with Gasteiger partial charge in [0, 0.05) is 18.7 Å².